The number of carbonyl (C=O) groups is 3. The molecule has 2 aromatic carbocycles. The minimum atomic E-state index is -2.01. The van der Waals surface area contributed by atoms with Gasteiger partial charge in [-0.3, -0.25) is 14.4 Å². The molecule has 1 saturated heterocycles. The highest BCUT2D eigenvalue weighted by Gasteiger charge is 2.65. The molecule has 27 heavy (non-hydrogen) atoms. The number of hydrogen-bond donors (Lipinski definition) is 0. The van der Waals surface area contributed by atoms with Crippen LogP contribution in [0.2, 0.25) is 0 Å². The summed E-state index contributed by atoms with van der Waals surface area (Å²) in [6, 6.07) is 18.0. The zero-order chi connectivity index (χ0) is 19.7. The van der Waals surface area contributed by atoms with Crippen LogP contribution >= 0.6 is 0 Å². The lowest BCUT2D eigenvalue weighted by Gasteiger charge is -2.44. The average molecular weight is 366 g/mol. The molecule has 5 heteroatoms. The predicted molar refractivity (Wildman–Crippen MR) is 98.7 cm³/mol. The van der Waals surface area contributed by atoms with E-state index in [1.807, 2.05) is 24.3 Å². The molecule has 2 atom stereocenters. The summed E-state index contributed by atoms with van der Waals surface area (Å²) >= 11 is 0. The van der Waals surface area contributed by atoms with E-state index in [0.29, 0.717) is 11.1 Å². The minimum absolute atomic E-state index is 0.0941. The summed E-state index contributed by atoms with van der Waals surface area (Å²) < 4.78 is 10.6. The summed E-state index contributed by atoms with van der Waals surface area (Å²) in [6.45, 7) is 3.39. The summed E-state index contributed by atoms with van der Waals surface area (Å²) in [5.74, 6) is -2.24. The van der Waals surface area contributed by atoms with E-state index in [1.165, 1.54) is 7.11 Å². The largest absolute Gasteiger partial charge is 0.468 e. The Hall–Kier alpha value is -2.95. The number of ketones is 1. The molecule has 0 radical (unpaired) electrons. The van der Waals surface area contributed by atoms with Crippen molar-refractivity contribution in [3.8, 4) is 0 Å². The number of hydrogen-bond acceptors (Lipinski definition) is 5. The number of ether oxygens (including phenoxy) is 2. The van der Waals surface area contributed by atoms with Gasteiger partial charge in [0, 0.05) is 6.42 Å². The highest BCUT2D eigenvalue weighted by molar-refractivity contribution is 6.23. The van der Waals surface area contributed by atoms with Crippen LogP contribution in [0.1, 0.15) is 31.1 Å². The molecule has 0 amide bonds. The summed E-state index contributed by atoms with van der Waals surface area (Å²) in [7, 11) is 1.17. The first-order valence-electron chi connectivity index (χ1n) is 8.77. The highest BCUT2D eigenvalue weighted by atomic mass is 16.6. The fraction of sp³-hybridized carbons (Fsp3) is 0.318. The smallest absolute Gasteiger partial charge is 0.332 e. The van der Waals surface area contributed by atoms with Crippen molar-refractivity contribution >= 4 is 17.7 Å². The van der Waals surface area contributed by atoms with E-state index in [9.17, 15) is 14.4 Å². The van der Waals surface area contributed by atoms with E-state index in [0.717, 1.165) is 0 Å². The van der Waals surface area contributed by atoms with Crippen LogP contribution in [0.15, 0.2) is 60.7 Å². The van der Waals surface area contributed by atoms with Gasteiger partial charge in [-0.1, -0.05) is 60.7 Å². The van der Waals surface area contributed by atoms with Crippen molar-refractivity contribution in [2.75, 3.05) is 7.11 Å². The van der Waals surface area contributed by atoms with Crippen molar-refractivity contribution in [1.82, 2.24) is 0 Å². The Labute approximate surface area is 158 Å². The third kappa shape index (κ3) is 3.03. The Morgan fingerprint density at radius 1 is 1.00 bits per heavy atom. The normalized spacial score (nSPS) is 24.2. The molecule has 0 saturated carbocycles. The molecule has 1 aliphatic heterocycles. The molecule has 1 heterocycles. The van der Waals surface area contributed by atoms with Gasteiger partial charge in [0.1, 0.15) is 6.10 Å². The van der Waals surface area contributed by atoms with Crippen molar-refractivity contribution < 1.29 is 23.9 Å². The van der Waals surface area contributed by atoms with E-state index in [-0.39, 0.29) is 6.42 Å². The maximum absolute atomic E-state index is 13.6. The molecular weight excluding hydrogens is 344 g/mol. The van der Waals surface area contributed by atoms with Crippen molar-refractivity contribution in [1.29, 1.82) is 0 Å². The number of methoxy groups -OCH3 is 1. The first kappa shape index (κ1) is 18.8. The van der Waals surface area contributed by atoms with Crippen molar-refractivity contribution in [3.63, 3.8) is 0 Å². The standard InChI is InChI=1S/C22H22O5/c1-21(2)17(16-12-8-5-9-13-16)27-20(25)22(18(21)23,19(24)26-3)14-15-10-6-4-7-11-15/h4-13,17H,14H2,1-3H3/t17-,22-/m0/s1. The Balaban J connectivity index is 2.09. The molecule has 1 fully saturated rings. The van der Waals surface area contributed by atoms with Crippen LogP contribution in [0.3, 0.4) is 0 Å². The predicted octanol–water partition coefficient (Wildman–Crippen LogP) is 3.28. The molecule has 0 spiro atoms. The van der Waals surface area contributed by atoms with Gasteiger partial charge in [0.2, 0.25) is 5.41 Å². The van der Waals surface area contributed by atoms with Gasteiger partial charge in [-0.05, 0) is 25.0 Å². The summed E-state index contributed by atoms with van der Waals surface area (Å²) in [4.78, 5) is 39.3. The highest BCUT2D eigenvalue weighted by Crippen LogP contribution is 2.49. The van der Waals surface area contributed by atoms with Crippen LogP contribution in [0.25, 0.3) is 0 Å². The zero-order valence-electron chi connectivity index (χ0n) is 15.6. The molecule has 0 N–H and O–H groups in total. The molecular formula is C22H22O5. The van der Waals surface area contributed by atoms with Crippen molar-refractivity contribution in [2.24, 2.45) is 10.8 Å². The Morgan fingerprint density at radius 3 is 2.11 bits per heavy atom. The van der Waals surface area contributed by atoms with Gasteiger partial charge in [-0.15, -0.1) is 0 Å². The molecule has 0 bridgehead atoms. The second-order valence-electron chi connectivity index (χ2n) is 7.31. The molecule has 2 aromatic rings. The second kappa shape index (κ2) is 6.99. The van der Waals surface area contributed by atoms with E-state index < -0.39 is 34.7 Å². The third-order valence-corrected chi connectivity index (χ3v) is 5.15. The lowest BCUT2D eigenvalue weighted by atomic mass is 9.63. The van der Waals surface area contributed by atoms with Gasteiger partial charge in [-0.25, -0.2) is 0 Å². The number of Topliss-reactive ketones (excluding diaryl/α,β-unsaturated/α-hetero) is 1. The Bertz CT molecular complexity index is 857. The first-order chi connectivity index (χ1) is 12.8. The fourth-order valence-electron chi connectivity index (χ4n) is 3.71. The number of benzene rings is 2. The minimum Gasteiger partial charge on any atom is -0.468 e. The van der Waals surface area contributed by atoms with Crippen molar-refractivity contribution in [2.45, 2.75) is 26.4 Å². The Kier molecular flexibility index (Phi) is 4.87. The number of rotatable bonds is 4. The maximum Gasteiger partial charge on any atom is 0.332 e. The van der Waals surface area contributed by atoms with E-state index in [2.05, 4.69) is 0 Å². The van der Waals surface area contributed by atoms with Crippen molar-refractivity contribution in [3.05, 3.63) is 71.8 Å². The van der Waals surface area contributed by atoms with Gasteiger partial charge >= 0.3 is 11.9 Å². The molecule has 0 unspecified atom stereocenters. The molecule has 0 aromatic heterocycles. The van der Waals surface area contributed by atoms with Crippen LogP contribution in [0.5, 0.6) is 0 Å². The summed E-state index contributed by atoms with van der Waals surface area (Å²) in [6.07, 6.45) is -0.865. The number of cyclic esters (lactones) is 1. The average Bonchev–Trinajstić information content (AvgIpc) is 2.69. The monoisotopic (exact) mass is 366 g/mol. The lowest BCUT2D eigenvalue weighted by Crippen LogP contribution is -2.60. The van der Waals surface area contributed by atoms with Crippen LogP contribution in [0, 0.1) is 10.8 Å². The van der Waals surface area contributed by atoms with E-state index in [4.69, 9.17) is 9.47 Å². The summed E-state index contributed by atoms with van der Waals surface area (Å²) in [5, 5.41) is 0. The lowest BCUT2D eigenvalue weighted by molar-refractivity contribution is -0.196. The summed E-state index contributed by atoms with van der Waals surface area (Å²) in [5.41, 5.74) is -1.71. The fourth-order valence-corrected chi connectivity index (χ4v) is 3.71. The van der Waals surface area contributed by atoms with Gasteiger partial charge in [0.25, 0.3) is 0 Å². The van der Waals surface area contributed by atoms with Gasteiger partial charge in [0.05, 0.1) is 12.5 Å². The van der Waals surface area contributed by atoms with E-state index >= 15 is 0 Å². The quantitative estimate of drug-likeness (QED) is 0.613. The zero-order valence-corrected chi connectivity index (χ0v) is 15.6. The molecule has 0 aliphatic carbocycles. The van der Waals surface area contributed by atoms with Gasteiger partial charge in [-0.2, -0.15) is 0 Å². The van der Waals surface area contributed by atoms with Crippen LogP contribution in [-0.4, -0.2) is 24.8 Å². The molecule has 5 nitrogen and oxygen atoms in total. The van der Waals surface area contributed by atoms with Crippen LogP contribution in [-0.2, 0) is 30.3 Å². The topological polar surface area (TPSA) is 69.7 Å². The Morgan fingerprint density at radius 2 is 1.56 bits per heavy atom. The molecule has 1 aliphatic rings. The molecule has 140 valence electrons. The van der Waals surface area contributed by atoms with Crippen LogP contribution in [0.4, 0.5) is 0 Å². The van der Waals surface area contributed by atoms with Crippen LogP contribution < -0.4 is 0 Å². The van der Waals surface area contributed by atoms with Gasteiger partial charge in [0.15, 0.2) is 5.78 Å². The SMILES string of the molecule is COC(=O)[C@@]1(Cc2ccccc2)C(=O)O[C@@H](c2ccccc2)C(C)(C)C1=O. The maximum atomic E-state index is 13.6. The number of esters is 2. The van der Waals surface area contributed by atoms with Gasteiger partial charge < -0.3 is 9.47 Å². The van der Waals surface area contributed by atoms with E-state index in [1.54, 1.807) is 50.2 Å². The second-order valence-corrected chi connectivity index (χ2v) is 7.31. The molecule has 3 rings (SSSR count). The number of carbonyl (C=O) groups excluding carboxylic acids is 3. The third-order valence-electron chi connectivity index (χ3n) is 5.15. The first-order valence-corrected chi connectivity index (χ1v) is 8.77.